The Morgan fingerprint density at radius 2 is 1.65 bits per heavy atom. The maximum atomic E-state index is 13.4. The molecule has 4 aromatic carbocycles. The Balaban J connectivity index is 0.835. The first-order chi connectivity index (χ1) is 30.4. The minimum Gasteiger partial charge on any atom is -0.506 e. The Labute approximate surface area is 369 Å². The number of amides is 4. The van der Waals surface area contributed by atoms with Gasteiger partial charge in [0.1, 0.15) is 11.9 Å². The molecule has 0 bridgehead atoms. The van der Waals surface area contributed by atoms with Gasteiger partial charge in [-0.2, -0.15) is 0 Å². The van der Waals surface area contributed by atoms with Gasteiger partial charge in [0, 0.05) is 80.2 Å². The SMILES string of the molecule is Cc1ccc(C(=O)Nc2ccc(CC(C)NC[C@H](C)C3=CC=C(O)C4=NC(=O)C=CC34)cc2)cc1N(C)C(=O)CCN1CCC(OC(=O)Nc2ccccc2-c2ccccc2)CC1. The molecule has 0 radical (unpaired) electrons. The van der Waals surface area contributed by atoms with Crippen molar-refractivity contribution in [2.75, 3.05) is 48.8 Å². The van der Waals surface area contributed by atoms with Gasteiger partial charge in [0.25, 0.3) is 11.8 Å². The first kappa shape index (κ1) is 44.4. The fourth-order valence-corrected chi connectivity index (χ4v) is 8.34. The van der Waals surface area contributed by atoms with Gasteiger partial charge in [-0.15, -0.1) is 0 Å². The molecule has 63 heavy (non-hydrogen) atoms. The summed E-state index contributed by atoms with van der Waals surface area (Å²) in [6.45, 7) is 8.90. The summed E-state index contributed by atoms with van der Waals surface area (Å²) in [5.74, 6) is -0.693. The number of nitrogens with one attached hydrogen (secondary N) is 3. The lowest BCUT2D eigenvalue weighted by atomic mass is 9.80. The zero-order valence-electron chi connectivity index (χ0n) is 36.3. The van der Waals surface area contributed by atoms with Crippen molar-refractivity contribution in [1.29, 1.82) is 0 Å². The zero-order valence-corrected chi connectivity index (χ0v) is 36.3. The molecule has 4 amide bonds. The number of para-hydroxylation sites is 1. The predicted molar refractivity (Wildman–Crippen MR) is 249 cm³/mol. The van der Waals surface area contributed by atoms with Crippen LogP contribution in [-0.2, 0) is 20.7 Å². The number of likely N-dealkylation sites (tertiary alicyclic amines) is 1. The molecule has 1 fully saturated rings. The summed E-state index contributed by atoms with van der Waals surface area (Å²) in [7, 11) is 1.74. The van der Waals surface area contributed by atoms with Gasteiger partial charge in [0.2, 0.25) is 5.91 Å². The summed E-state index contributed by atoms with van der Waals surface area (Å²) in [4.78, 5) is 59.4. The van der Waals surface area contributed by atoms with E-state index in [4.69, 9.17) is 4.74 Å². The number of fused-ring (bicyclic) bond motifs is 1. The summed E-state index contributed by atoms with van der Waals surface area (Å²) in [6, 6.07) is 30.9. The Bertz CT molecular complexity index is 2430. The van der Waals surface area contributed by atoms with Gasteiger partial charge in [0.05, 0.1) is 11.4 Å². The molecule has 4 N–H and O–H groups in total. The van der Waals surface area contributed by atoms with E-state index in [2.05, 4.69) is 39.7 Å². The van der Waals surface area contributed by atoms with Crippen LogP contribution in [-0.4, -0.2) is 84.9 Å². The van der Waals surface area contributed by atoms with E-state index in [0.29, 0.717) is 73.8 Å². The molecule has 0 spiro atoms. The number of carbonyl (C=O) groups is 4. The highest BCUT2D eigenvalue weighted by molar-refractivity contribution is 6.13. The maximum absolute atomic E-state index is 13.4. The maximum Gasteiger partial charge on any atom is 0.411 e. The van der Waals surface area contributed by atoms with Crippen molar-refractivity contribution < 1.29 is 29.0 Å². The normalized spacial score (nSPS) is 17.4. The Kier molecular flexibility index (Phi) is 14.5. The lowest BCUT2D eigenvalue weighted by Crippen LogP contribution is -2.40. The van der Waals surface area contributed by atoms with Gasteiger partial charge in [0.15, 0.2) is 0 Å². The topological polar surface area (TPSA) is 153 Å². The van der Waals surface area contributed by atoms with Crippen LogP contribution in [0.25, 0.3) is 11.1 Å². The van der Waals surface area contributed by atoms with E-state index in [1.165, 1.54) is 6.08 Å². The quantitative estimate of drug-likeness (QED) is 0.0928. The smallest absolute Gasteiger partial charge is 0.411 e. The van der Waals surface area contributed by atoms with E-state index in [-0.39, 0.29) is 47.5 Å². The van der Waals surface area contributed by atoms with Gasteiger partial charge >= 0.3 is 6.09 Å². The average molecular weight is 849 g/mol. The predicted octanol–water partition coefficient (Wildman–Crippen LogP) is 8.67. The number of nitrogens with zero attached hydrogens (tertiary/aromatic N) is 3. The molecule has 0 aromatic heterocycles. The van der Waals surface area contributed by atoms with Crippen molar-refractivity contribution in [3.8, 4) is 11.1 Å². The molecule has 2 aliphatic heterocycles. The Morgan fingerprint density at radius 3 is 2.41 bits per heavy atom. The summed E-state index contributed by atoms with van der Waals surface area (Å²) < 4.78 is 5.80. The molecular weight excluding hydrogens is 793 g/mol. The largest absolute Gasteiger partial charge is 0.506 e. The number of benzene rings is 4. The number of hydrogen-bond acceptors (Lipinski definition) is 8. The van der Waals surface area contributed by atoms with Crippen LogP contribution in [0.15, 0.2) is 138 Å². The minimum absolute atomic E-state index is 0.0350. The molecular formula is C51H56N6O6. The molecule has 326 valence electrons. The molecule has 3 aliphatic rings. The fraction of sp³-hybridized carbons (Fsp3) is 0.314. The van der Waals surface area contributed by atoms with Gasteiger partial charge in [-0.1, -0.05) is 91.4 Å². The van der Waals surface area contributed by atoms with Gasteiger partial charge in [-0.05, 0) is 92.1 Å². The third kappa shape index (κ3) is 11.4. The van der Waals surface area contributed by atoms with Gasteiger partial charge in [-0.25, -0.2) is 9.79 Å². The number of rotatable bonds is 15. The summed E-state index contributed by atoms with van der Waals surface area (Å²) >= 11 is 0. The lowest BCUT2D eigenvalue weighted by Gasteiger charge is -2.32. The molecule has 7 rings (SSSR count). The van der Waals surface area contributed by atoms with E-state index < -0.39 is 6.09 Å². The molecule has 2 unspecified atom stereocenters. The van der Waals surface area contributed by atoms with Gasteiger partial charge in [-0.3, -0.25) is 19.7 Å². The van der Waals surface area contributed by atoms with Crippen molar-refractivity contribution in [1.82, 2.24) is 10.2 Å². The first-order valence-electron chi connectivity index (χ1n) is 21.7. The van der Waals surface area contributed by atoms with Crippen molar-refractivity contribution in [2.24, 2.45) is 16.8 Å². The van der Waals surface area contributed by atoms with Crippen LogP contribution in [0.4, 0.5) is 21.9 Å². The van der Waals surface area contributed by atoms with Crippen molar-refractivity contribution in [3.05, 3.63) is 149 Å². The van der Waals surface area contributed by atoms with Crippen LogP contribution in [0.3, 0.4) is 0 Å². The van der Waals surface area contributed by atoms with E-state index >= 15 is 0 Å². The number of piperidine rings is 1. The lowest BCUT2D eigenvalue weighted by molar-refractivity contribution is -0.118. The van der Waals surface area contributed by atoms with Crippen molar-refractivity contribution in [2.45, 2.75) is 58.6 Å². The van der Waals surface area contributed by atoms with Crippen LogP contribution in [0, 0.1) is 18.8 Å². The molecule has 12 nitrogen and oxygen atoms in total. The second-order valence-corrected chi connectivity index (χ2v) is 16.6. The highest BCUT2D eigenvalue weighted by atomic mass is 16.6. The van der Waals surface area contributed by atoms with E-state index in [9.17, 15) is 24.3 Å². The molecule has 1 aliphatic carbocycles. The number of allylic oxidation sites excluding steroid dienone is 4. The van der Waals surface area contributed by atoms with E-state index in [1.807, 2.05) is 104 Å². The highest BCUT2D eigenvalue weighted by Crippen LogP contribution is 2.32. The monoisotopic (exact) mass is 848 g/mol. The molecule has 12 heteroatoms. The van der Waals surface area contributed by atoms with Crippen molar-refractivity contribution >= 4 is 46.6 Å². The number of aliphatic hydroxyl groups is 1. The summed E-state index contributed by atoms with van der Waals surface area (Å²) in [5, 5.41) is 19.8. The van der Waals surface area contributed by atoms with Gasteiger partial charge < -0.3 is 30.3 Å². The van der Waals surface area contributed by atoms with Crippen LogP contribution in [0.2, 0.25) is 0 Å². The molecule has 4 aromatic rings. The number of dihydropyridines is 1. The summed E-state index contributed by atoms with van der Waals surface area (Å²) in [6.07, 6.45) is 8.57. The number of aliphatic hydroxyl groups excluding tert-OH is 1. The van der Waals surface area contributed by atoms with E-state index in [1.54, 1.807) is 30.2 Å². The molecule has 2 heterocycles. The Morgan fingerprint density at radius 1 is 0.921 bits per heavy atom. The molecule has 1 saturated heterocycles. The number of hydrogen-bond donors (Lipinski definition) is 4. The average Bonchev–Trinajstić information content (AvgIpc) is 3.29. The fourth-order valence-electron chi connectivity index (χ4n) is 8.34. The highest BCUT2D eigenvalue weighted by Gasteiger charge is 2.30. The first-order valence-corrected chi connectivity index (χ1v) is 21.7. The second kappa shape index (κ2) is 20.5. The van der Waals surface area contributed by atoms with Crippen molar-refractivity contribution in [3.63, 3.8) is 0 Å². The minimum atomic E-state index is -0.474. The number of aryl methyl sites for hydroxylation is 1. The molecule has 0 saturated carbocycles. The number of carbonyl (C=O) groups excluding carboxylic acids is 4. The zero-order chi connectivity index (χ0) is 44.5. The number of anilines is 3. The number of ether oxygens (including phenoxy) is 1. The third-order valence-electron chi connectivity index (χ3n) is 12.0. The third-order valence-corrected chi connectivity index (χ3v) is 12.0. The standard InChI is InChI=1S/C51H56N6O6/c1-33-14-17-38(50(61)53-39-18-15-36(16-19-39)30-35(3)52-32-34(2)41-20-22-46(58)49-43(41)21-23-47(59)55-49)31-45(33)56(4)48(60)26-29-57-27-24-40(25-28-57)63-51(62)54-44-13-9-8-12-42(44)37-10-6-5-7-11-37/h5-23,31,34-35,40,43,52,58H,24-30,32H2,1-4H3,(H,53,61)(H,54,62)/t34-,35?,43?/m0/s1. The molecule has 3 atom stereocenters. The van der Waals surface area contributed by atoms with Crippen LogP contribution in [0.5, 0.6) is 0 Å². The Hall–Kier alpha value is -6.63. The summed E-state index contributed by atoms with van der Waals surface area (Å²) in [5.41, 5.74) is 7.94. The van der Waals surface area contributed by atoms with Crippen LogP contribution < -0.4 is 20.9 Å². The van der Waals surface area contributed by atoms with E-state index in [0.717, 1.165) is 34.2 Å². The van der Waals surface area contributed by atoms with Crippen LogP contribution >= 0.6 is 0 Å². The van der Waals surface area contributed by atoms with Crippen LogP contribution in [0.1, 0.15) is 54.6 Å². The second-order valence-electron chi connectivity index (χ2n) is 16.6. The number of aliphatic imine (C=N–C) groups is 1.